The Balaban J connectivity index is 0.000000198. The molecule has 97 heavy (non-hydrogen) atoms. The Morgan fingerprint density at radius 1 is 0.495 bits per heavy atom. The molecule has 0 saturated heterocycles. The summed E-state index contributed by atoms with van der Waals surface area (Å²) >= 11 is 5.98. The van der Waals surface area contributed by atoms with Crippen LogP contribution in [0.4, 0.5) is 45.8 Å². The molecule has 510 valence electrons. The topological polar surface area (TPSA) is 411 Å². The van der Waals surface area contributed by atoms with Crippen molar-refractivity contribution in [2.75, 3.05) is 76.2 Å². The molecule has 0 atom stereocenters. The summed E-state index contributed by atoms with van der Waals surface area (Å²) in [5, 5.41) is 53.8. The second-order valence-corrected chi connectivity index (χ2v) is 22.3. The van der Waals surface area contributed by atoms with Crippen molar-refractivity contribution in [1.82, 2.24) is 85.0 Å². The number of hydrogen-bond acceptors (Lipinski definition) is 26. The number of nitrogens with two attached hydrogens (primary N) is 1. The quantitative estimate of drug-likeness (QED) is 0.0287. The van der Waals surface area contributed by atoms with E-state index in [1.54, 1.807) is 91.6 Å². The van der Waals surface area contributed by atoms with E-state index in [9.17, 15) is 28.8 Å². The van der Waals surface area contributed by atoms with Crippen LogP contribution in [0.1, 0.15) is 79.8 Å². The number of benzene rings is 3. The van der Waals surface area contributed by atoms with E-state index >= 15 is 0 Å². The lowest BCUT2D eigenvalue weighted by atomic mass is 10.1. The van der Waals surface area contributed by atoms with Crippen LogP contribution in [0.25, 0.3) is 34.2 Å². The van der Waals surface area contributed by atoms with Gasteiger partial charge in [0.2, 0.25) is 17.7 Å². The lowest BCUT2D eigenvalue weighted by molar-refractivity contribution is -0.119. The van der Waals surface area contributed by atoms with Gasteiger partial charge in [0.15, 0.2) is 74.4 Å². The van der Waals surface area contributed by atoms with Gasteiger partial charge >= 0.3 is 0 Å². The van der Waals surface area contributed by atoms with Gasteiger partial charge in [0.1, 0.15) is 19.0 Å². The first-order chi connectivity index (χ1) is 46.6. The van der Waals surface area contributed by atoms with Gasteiger partial charge in [-0.3, -0.25) is 52.5 Å². The van der Waals surface area contributed by atoms with E-state index in [-0.39, 0.29) is 78.0 Å². The van der Waals surface area contributed by atoms with E-state index in [0.717, 1.165) is 48.7 Å². The van der Waals surface area contributed by atoms with E-state index in [2.05, 4.69) is 87.4 Å². The first kappa shape index (κ1) is 69.7. The summed E-state index contributed by atoms with van der Waals surface area (Å²) in [6.07, 6.45) is 10.3. The molecule has 3 aliphatic carbocycles. The highest BCUT2D eigenvalue weighted by Crippen LogP contribution is 2.41. The number of ether oxygens (including phenoxy) is 3. The highest BCUT2D eigenvalue weighted by molar-refractivity contribution is 6.29. The number of para-hydroxylation sites is 3. The van der Waals surface area contributed by atoms with Crippen LogP contribution in [-0.4, -0.2) is 170 Å². The number of nitrogens with zero attached hydrogens (tertiary/aromatic N) is 17. The second-order valence-electron chi connectivity index (χ2n) is 21.9. The molecule has 0 spiro atoms. The van der Waals surface area contributed by atoms with E-state index in [1.807, 2.05) is 36.4 Å². The molecule has 3 fully saturated rings. The molecule has 3 saturated carbocycles. The normalized spacial score (nSPS) is 12.7. The van der Waals surface area contributed by atoms with Crippen LogP contribution in [0, 0.1) is 17.8 Å². The Kier molecular flexibility index (Phi) is 22.6. The molecule has 0 radical (unpaired) electrons. The molecule has 9 aromatic rings. The van der Waals surface area contributed by atoms with Crippen molar-refractivity contribution in [1.29, 1.82) is 0 Å². The molecular weight excluding hydrogens is 1280 g/mol. The summed E-state index contributed by atoms with van der Waals surface area (Å²) in [6, 6.07) is 21.0. The number of carbonyl (C=O) groups is 6. The number of halogens is 1. The number of amides is 5. The molecule has 35 heteroatoms. The Morgan fingerprint density at radius 3 is 1.13 bits per heavy atom. The predicted octanol–water partition coefficient (Wildman–Crippen LogP) is 7.27. The Labute approximate surface area is 562 Å². The number of anilines is 8. The fraction of sp³-hybridized carbons (Fsp3) is 0.323. The van der Waals surface area contributed by atoms with Crippen LogP contribution in [0.3, 0.4) is 0 Å². The summed E-state index contributed by atoms with van der Waals surface area (Å²) in [6.45, 7) is 1.41. The van der Waals surface area contributed by atoms with Crippen LogP contribution in [0.5, 0.6) is 17.2 Å². The fourth-order valence-electron chi connectivity index (χ4n) is 9.03. The van der Waals surface area contributed by atoms with Gasteiger partial charge in [0.25, 0.3) is 11.8 Å². The number of aromatic nitrogens is 15. The highest BCUT2D eigenvalue weighted by atomic mass is 35.5. The Hall–Kier alpha value is -11.7. The van der Waals surface area contributed by atoms with Gasteiger partial charge < -0.3 is 46.5 Å². The number of methoxy groups -OCH3 is 3. The van der Waals surface area contributed by atoms with Crippen molar-refractivity contribution in [2.24, 2.45) is 44.6 Å². The van der Waals surface area contributed by atoms with E-state index < -0.39 is 11.8 Å². The molecule has 3 aliphatic rings. The maximum absolute atomic E-state index is 12.8. The van der Waals surface area contributed by atoms with Crippen molar-refractivity contribution in [3.63, 3.8) is 0 Å². The number of hydroxylamine groups is 4. The monoisotopic (exact) mass is 1350 g/mol. The summed E-state index contributed by atoms with van der Waals surface area (Å²) in [5.74, 6) is 2.14. The number of hydrogen-bond donors (Lipinski definition) is 6. The molecule has 0 aliphatic heterocycles. The molecule has 6 aromatic heterocycles. The van der Waals surface area contributed by atoms with Crippen molar-refractivity contribution in [3.05, 3.63) is 114 Å². The smallest absolute Gasteiger partial charge is 0.299 e. The number of nitrogens with one attached hydrogen (secondary N) is 5. The standard InChI is InChI=1S/C21H24N8O4.C20H21N7O3.C17H18ClN7O3.C4H7NO.2H2/c1-28-11-22-19(27-28)13-6-5-7-14(18(13)32-3)23-15-10-16(24-20(30)12-8-9-12)25-26-17(15)21(31)29(2)33-4;1-11(28)17-15(9-16(24-25-17)23-20(29)12-7-8-12)22-14-6-4-5-13(18(14)30-3)19-21-10-27(2)26-19;1-24-9-19-16(23-24)10-6-5-7-11(15(10)27-3)20-12-8-13(18)21-22-14(12)17(26)25(2)28-4;5-4(6)3-1-2-3;;/h5-7,10-12H,8-9H2,1-4H3,(H2,23,24,25,30);4-6,9-10,12H,7-8H2,1-3H3,(H2,22,23,24,29);5-9H,1-4H3,(H,20,21);3H,1-2H2,(H2,5,6);2*1H. The average Bonchev–Trinajstić information content (AvgIpc) is 1.71. The molecule has 3 aromatic carbocycles. The molecule has 6 heterocycles. The summed E-state index contributed by atoms with van der Waals surface area (Å²) in [7, 11) is 15.6. The van der Waals surface area contributed by atoms with Gasteiger partial charge in [-0.15, -0.1) is 30.6 Å². The number of carbonyl (C=O) groups excluding carboxylic acids is 6. The van der Waals surface area contributed by atoms with Crippen molar-refractivity contribution >= 4 is 92.7 Å². The summed E-state index contributed by atoms with van der Waals surface area (Å²) in [4.78, 5) is 94.4. The lowest BCUT2D eigenvalue weighted by Crippen LogP contribution is -2.27. The number of rotatable bonds is 22. The Bertz CT molecular complexity index is 4370. The minimum atomic E-state index is -0.519. The van der Waals surface area contributed by atoms with Gasteiger partial charge in [0, 0.05) is 81.0 Å². The third kappa shape index (κ3) is 17.8. The SMILES string of the molecule is COc1c(Nc2cc(Cl)nnc2C(=O)N(C)OC)cccc1-c1ncn(C)n1.COc1c(Nc2cc(NC(=O)C3CC3)nnc2C(=O)N(C)OC)cccc1-c1ncn(C)n1.COc1c(Nc2cc(NC(=O)C3CC3)nnc2C(C)=O)cccc1-c1ncn(C)n1.NC(=O)C1CC1.[HH].[HH]. The van der Waals surface area contributed by atoms with Crippen molar-refractivity contribution in [2.45, 2.75) is 45.4 Å². The number of aryl methyl sites for hydroxylation is 3. The maximum Gasteiger partial charge on any atom is 0.299 e. The molecule has 12 rings (SSSR count). The molecule has 34 nitrogen and oxygen atoms in total. The second kappa shape index (κ2) is 31.5. The van der Waals surface area contributed by atoms with Gasteiger partial charge in [-0.05, 0) is 74.9 Å². The van der Waals surface area contributed by atoms with Crippen LogP contribution in [-0.2, 0) is 45.2 Å². The van der Waals surface area contributed by atoms with Crippen LogP contribution in [0.15, 0.2) is 91.8 Å². The minimum absolute atomic E-state index is 0. The molecule has 0 bridgehead atoms. The predicted molar refractivity (Wildman–Crippen MR) is 357 cm³/mol. The molecule has 5 amide bonds. The van der Waals surface area contributed by atoms with E-state index in [0.29, 0.717) is 85.5 Å². The van der Waals surface area contributed by atoms with Gasteiger partial charge in [0.05, 0.1) is 86.4 Å². The van der Waals surface area contributed by atoms with E-state index in [1.165, 1.54) is 55.5 Å². The first-order valence-corrected chi connectivity index (χ1v) is 30.2. The molecule has 7 N–H and O–H groups in total. The highest BCUT2D eigenvalue weighted by Gasteiger charge is 2.32. The summed E-state index contributed by atoms with van der Waals surface area (Å²) in [5.41, 5.74) is 9.88. The van der Waals surface area contributed by atoms with Crippen molar-refractivity contribution in [3.8, 4) is 51.4 Å². The third-order valence-corrected chi connectivity index (χ3v) is 14.8. The zero-order valence-electron chi connectivity index (χ0n) is 54.7. The van der Waals surface area contributed by atoms with E-state index in [4.69, 9.17) is 41.2 Å². The van der Waals surface area contributed by atoms with Gasteiger partial charge in [-0.25, -0.2) is 25.1 Å². The van der Waals surface area contributed by atoms with Crippen LogP contribution in [0.2, 0.25) is 5.15 Å². The van der Waals surface area contributed by atoms with Gasteiger partial charge in [-0.2, -0.15) is 15.3 Å². The van der Waals surface area contributed by atoms with Gasteiger partial charge in [-0.1, -0.05) is 29.8 Å². The van der Waals surface area contributed by atoms with Crippen LogP contribution >= 0.6 is 11.6 Å². The zero-order valence-corrected chi connectivity index (χ0v) is 55.4. The maximum atomic E-state index is 12.8. The number of primary amides is 1. The Morgan fingerprint density at radius 2 is 0.835 bits per heavy atom. The zero-order chi connectivity index (χ0) is 69.6. The largest absolute Gasteiger partial charge is 0.494 e. The fourth-order valence-corrected chi connectivity index (χ4v) is 9.18. The minimum Gasteiger partial charge on any atom is -0.494 e. The first-order valence-electron chi connectivity index (χ1n) is 29.9. The number of Topliss-reactive ketones (excluding diaryl/α,β-unsaturated/α-hetero) is 1. The molecule has 0 unspecified atom stereocenters. The average molecular weight is 1350 g/mol. The third-order valence-electron chi connectivity index (χ3n) is 14.6. The summed E-state index contributed by atoms with van der Waals surface area (Å²) < 4.78 is 21.6. The van der Waals surface area contributed by atoms with Crippen LogP contribution < -0.4 is 46.5 Å². The van der Waals surface area contributed by atoms with Crippen molar-refractivity contribution < 1.29 is 55.5 Å². The lowest BCUT2D eigenvalue weighted by Gasteiger charge is -2.18. The number of ketones is 1. The molecular formula is C62H74ClN23O11.